The van der Waals surface area contributed by atoms with Crippen LogP contribution in [0.2, 0.25) is 0 Å². The first-order valence-electron chi connectivity index (χ1n) is 7.47. The Morgan fingerprint density at radius 3 is 2.52 bits per heavy atom. The van der Waals surface area contributed by atoms with E-state index in [0.717, 1.165) is 6.07 Å². The van der Waals surface area contributed by atoms with E-state index in [4.69, 9.17) is 9.47 Å². The molecular formula is C18H17F2NO4. The van der Waals surface area contributed by atoms with Crippen LogP contribution in [0.25, 0.3) is 0 Å². The molecule has 0 radical (unpaired) electrons. The summed E-state index contributed by atoms with van der Waals surface area (Å²) in [5, 5.41) is 0. The Hall–Kier alpha value is -2.96. The molecule has 0 spiro atoms. The van der Waals surface area contributed by atoms with Crippen molar-refractivity contribution >= 4 is 11.9 Å². The van der Waals surface area contributed by atoms with Crippen LogP contribution in [0.4, 0.5) is 8.78 Å². The van der Waals surface area contributed by atoms with E-state index in [2.05, 4.69) is 0 Å². The van der Waals surface area contributed by atoms with Gasteiger partial charge in [0, 0.05) is 25.2 Å². The Morgan fingerprint density at radius 1 is 1.04 bits per heavy atom. The fourth-order valence-corrected chi connectivity index (χ4v) is 1.96. The zero-order chi connectivity index (χ0) is 18.2. The maximum absolute atomic E-state index is 13.6. The fraction of sp³-hybridized carbons (Fsp3) is 0.222. The summed E-state index contributed by atoms with van der Waals surface area (Å²) >= 11 is 0. The Bertz CT molecular complexity index is 751. The SMILES string of the molecule is CN(Cc1ccccc1F)C(=O)COC(=O)COc1cccc(F)c1. The molecule has 1 amide bonds. The number of nitrogens with zero attached hydrogens (tertiary/aromatic N) is 1. The lowest BCUT2D eigenvalue weighted by Gasteiger charge is -2.17. The zero-order valence-corrected chi connectivity index (χ0v) is 13.6. The monoisotopic (exact) mass is 349 g/mol. The highest BCUT2D eigenvalue weighted by atomic mass is 19.1. The predicted molar refractivity (Wildman–Crippen MR) is 85.7 cm³/mol. The van der Waals surface area contributed by atoms with Gasteiger partial charge in [0.25, 0.3) is 5.91 Å². The van der Waals surface area contributed by atoms with Gasteiger partial charge in [-0.05, 0) is 18.2 Å². The largest absolute Gasteiger partial charge is 0.482 e. The molecule has 0 unspecified atom stereocenters. The van der Waals surface area contributed by atoms with Crippen molar-refractivity contribution in [3.8, 4) is 5.75 Å². The molecule has 0 aromatic heterocycles. The maximum atomic E-state index is 13.6. The molecule has 0 N–H and O–H groups in total. The van der Waals surface area contributed by atoms with Crippen LogP contribution in [-0.2, 0) is 20.9 Å². The number of rotatable bonds is 7. The van der Waals surface area contributed by atoms with Gasteiger partial charge in [0.2, 0.25) is 0 Å². The molecule has 132 valence electrons. The van der Waals surface area contributed by atoms with Crippen LogP contribution in [0.1, 0.15) is 5.56 Å². The van der Waals surface area contributed by atoms with Crippen molar-refractivity contribution in [3.63, 3.8) is 0 Å². The molecule has 0 aliphatic rings. The van der Waals surface area contributed by atoms with Crippen molar-refractivity contribution in [1.29, 1.82) is 0 Å². The second-order valence-electron chi connectivity index (χ2n) is 5.25. The third-order valence-electron chi connectivity index (χ3n) is 3.30. The minimum Gasteiger partial charge on any atom is -0.482 e. The van der Waals surface area contributed by atoms with Crippen molar-refractivity contribution in [2.75, 3.05) is 20.3 Å². The molecule has 0 heterocycles. The molecule has 0 aliphatic carbocycles. The number of esters is 1. The smallest absolute Gasteiger partial charge is 0.344 e. The van der Waals surface area contributed by atoms with Crippen LogP contribution in [0.5, 0.6) is 5.75 Å². The molecular weight excluding hydrogens is 332 g/mol. The van der Waals surface area contributed by atoms with Gasteiger partial charge in [0.05, 0.1) is 0 Å². The van der Waals surface area contributed by atoms with Gasteiger partial charge in [0.15, 0.2) is 13.2 Å². The topological polar surface area (TPSA) is 55.8 Å². The lowest BCUT2D eigenvalue weighted by Crippen LogP contribution is -2.31. The van der Waals surface area contributed by atoms with Crippen molar-refractivity contribution in [1.82, 2.24) is 4.90 Å². The van der Waals surface area contributed by atoms with E-state index >= 15 is 0 Å². The third kappa shape index (κ3) is 5.87. The second-order valence-corrected chi connectivity index (χ2v) is 5.25. The number of benzene rings is 2. The summed E-state index contributed by atoms with van der Waals surface area (Å²) in [5.41, 5.74) is 0.360. The Morgan fingerprint density at radius 2 is 1.80 bits per heavy atom. The van der Waals surface area contributed by atoms with Gasteiger partial charge in [-0.3, -0.25) is 4.79 Å². The van der Waals surface area contributed by atoms with Gasteiger partial charge in [-0.2, -0.15) is 0 Å². The number of carbonyl (C=O) groups is 2. The fourth-order valence-electron chi connectivity index (χ4n) is 1.96. The van der Waals surface area contributed by atoms with Crippen molar-refractivity contribution < 1.29 is 27.8 Å². The Kier molecular flexibility index (Phi) is 6.45. The molecule has 2 aromatic carbocycles. The van der Waals surface area contributed by atoms with E-state index in [1.54, 1.807) is 18.2 Å². The summed E-state index contributed by atoms with van der Waals surface area (Å²) in [7, 11) is 1.48. The molecule has 0 saturated heterocycles. The number of carbonyl (C=O) groups excluding carboxylic acids is 2. The second kappa shape index (κ2) is 8.77. The van der Waals surface area contributed by atoms with Crippen LogP contribution < -0.4 is 4.74 Å². The van der Waals surface area contributed by atoms with Gasteiger partial charge < -0.3 is 14.4 Å². The van der Waals surface area contributed by atoms with Gasteiger partial charge in [-0.15, -0.1) is 0 Å². The predicted octanol–water partition coefficient (Wildman–Crippen LogP) is 2.55. The van der Waals surface area contributed by atoms with E-state index in [9.17, 15) is 18.4 Å². The minimum atomic E-state index is -0.767. The first-order valence-corrected chi connectivity index (χ1v) is 7.47. The number of hydrogen-bond donors (Lipinski definition) is 0. The summed E-state index contributed by atoms with van der Waals surface area (Å²) in [6.45, 7) is -0.882. The number of amides is 1. The quantitative estimate of drug-likeness (QED) is 0.721. The van der Waals surface area contributed by atoms with Gasteiger partial charge in [-0.1, -0.05) is 24.3 Å². The molecule has 7 heteroatoms. The Labute approximate surface area is 143 Å². The first-order chi connectivity index (χ1) is 12.0. The first kappa shape index (κ1) is 18.4. The van der Waals surface area contributed by atoms with Crippen molar-refractivity contribution in [3.05, 3.63) is 65.7 Å². The molecule has 0 aliphatic heterocycles. The minimum absolute atomic E-state index is 0.0584. The van der Waals surface area contributed by atoms with Crippen LogP contribution >= 0.6 is 0 Å². The van der Waals surface area contributed by atoms with Crippen LogP contribution in [0.3, 0.4) is 0 Å². The molecule has 0 bridgehead atoms. The number of halogens is 2. The molecule has 0 atom stereocenters. The maximum Gasteiger partial charge on any atom is 0.344 e. The highest BCUT2D eigenvalue weighted by molar-refractivity contribution is 5.80. The summed E-state index contributed by atoms with van der Waals surface area (Å²) in [5.74, 6) is -1.97. The number of ether oxygens (including phenoxy) is 2. The third-order valence-corrected chi connectivity index (χ3v) is 3.30. The van der Waals surface area contributed by atoms with Crippen molar-refractivity contribution in [2.45, 2.75) is 6.54 Å². The highest BCUT2D eigenvalue weighted by Gasteiger charge is 2.14. The van der Waals surface area contributed by atoms with Crippen LogP contribution in [-0.4, -0.2) is 37.0 Å². The average molecular weight is 349 g/mol. The van der Waals surface area contributed by atoms with E-state index < -0.39 is 36.7 Å². The molecule has 25 heavy (non-hydrogen) atoms. The zero-order valence-electron chi connectivity index (χ0n) is 13.6. The lowest BCUT2D eigenvalue weighted by molar-refractivity contribution is -0.153. The van der Waals surface area contributed by atoms with Crippen molar-refractivity contribution in [2.24, 2.45) is 0 Å². The van der Waals surface area contributed by atoms with Crippen LogP contribution in [0.15, 0.2) is 48.5 Å². The summed E-state index contributed by atoms with van der Waals surface area (Å²) in [6.07, 6.45) is 0. The average Bonchev–Trinajstić information content (AvgIpc) is 2.59. The highest BCUT2D eigenvalue weighted by Crippen LogP contribution is 2.12. The molecule has 0 saturated carbocycles. The van der Waals surface area contributed by atoms with E-state index in [1.165, 1.54) is 36.2 Å². The van der Waals surface area contributed by atoms with E-state index in [1.807, 2.05) is 0 Å². The number of likely N-dealkylation sites (N-methyl/N-ethyl adjacent to an activating group) is 1. The lowest BCUT2D eigenvalue weighted by atomic mass is 10.2. The molecule has 5 nitrogen and oxygen atoms in total. The molecule has 2 rings (SSSR count). The van der Waals surface area contributed by atoms with Gasteiger partial charge in [-0.25, -0.2) is 13.6 Å². The standard InChI is InChI=1S/C18H17F2NO4/c1-21(10-13-5-2-3-8-16(13)20)17(22)11-25-18(23)12-24-15-7-4-6-14(19)9-15/h2-9H,10-12H2,1H3. The van der Waals surface area contributed by atoms with E-state index in [0.29, 0.717) is 5.56 Å². The summed E-state index contributed by atoms with van der Waals surface area (Å²) in [6, 6.07) is 11.4. The summed E-state index contributed by atoms with van der Waals surface area (Å²) < 4.78 is 36.4. The van der Waals surface area contributed by atoms with Gasteiger partial charge in [0.1, 0.15) is 17.4 Å². The Balaban J connectivity index is 1.75. The normalized spacial score (nSPS) is 10.2. The van der Waals surface area contributed by atoms with E-state index in [-0.39, 0.29) is 12.3 Å². The molecule has 0 fully saturated rings. The summed E-state index contributed by atoms with van der Waals surface area (Å²) in [4.78, 5) is 24.7. The number of hydrogen-bond acceptors (Lipinski definition) is 4. The van der Waals surface area contributed by atoms with Gasteiger partial charge >= 0.3 is 5.97 Å². The van der Waals surface area contributed by atoms with Crippen LogP contribution in [0, 0.1) is 11.6 Å². The molecule has 2 aromatic rings.